The monoisotopic (exact) mass is 482 g/mol. The molecule has 8 heteroatoms. The number of rotatable bonds is 8. The van der Waals surface area contributed by atoms with Crippen LogP contribution in [0.2, 0.25) is 0 Å². The highest BCUT2D eigenvalue weighted by Gasteiger charge is 2.53. The summed E-state index contributed by atoms with van der Waals surface area (Å²) >= 11 is 6.25. The van der Waals surface area contributed by atoms with Gasteiger partial charge in [-0.3, -0.25) is 19.8 Å². The maximum absolute atomic E-state index is 13.7. The predicted octanol–water partition coefficient (Wildman–Crippen LogP) is 5.28. The van der Waals surface area contributed by atoms with Crippen molar-refractivity contribution in [2.75, 3.05) is 13.2 Å². The predicted molar refractivity (Wildman–Crippen MR) is 129 cm³/mol. The first-order valence-electron chi connectivity index (χ1n) is 11.1. The molecular formula is C26H27ClN2O5. The average Bonchev–Trinajstić information content (AvgIpc) is 3.07. The number of nitrogens with zero attached hydrogens (tertiary/aromatic N) is 2. The number of aliphatic hydroxyl groups is 1. The van der Waals surface area contributed by atoms with Gasteiger partial charge >= 0.3 is 0 Å². The second-order valence-corrected chi connectivity index (χ2v) is 9.91. The van der Waals surface area contributed by atoms with Crippen LogP contribution in [0, 0.1) is 15.5 Å². The molecule has 0 fully saturated rings. The first-order valence-corrected chi connectivity index (χ1v) is 11.5. The molecule has 1 amide bonds. The van der Waals surface area contributed by atoms with Crippen molar-refractivity contribution in [1.29, 1.82) is 0 Å². The van der Waals surface area contributed by atoms with Crippen molar-refractivity contribution >= 4 is 23.2 Å². The van der Waals surface area contributed by atoms with Gasteiger partial charge in [-0.25, -0.2) is 0 Å². The van der Waals surface area contributed by atoms with E-state index >= 15 is 0 Å². The molecule has 0 bridgehead atoms. The lowest BCUT2D eigenvalue weighted by molar-refractivity contribution is -0.384. The molecule has 34 heavy (non-hydrogen) atoms. The molecule has 0 spiro atoms. The summed E-state index contributed by atoms with van der Waals surface area (Å²) in [6.45, 7) is 4.12. The molecule has 2 aromatic rings. The number of carbonyl (C=O) groups excluding carboxylic acids is 1. The Bertz CT molecular complexity index is 1170. The van der Waals surface area contributed by atoms with Gasteiger partial charge in [-0.15, -0.1) is 0 Å². The molecule has 0 saturated heterocycles. The van der Waals surface area contributed by atoms with E-state index in [1.807, 2.05) is 44.2 Å². The number of hydrogen-bond donors (Lipinski definition) is 1. The Hall–Kier alpha value is -3.00. The second kappa shape index (κ2) is 9.33. The Morgan fingerprint density at radius 3 is 2.47 bits per heavy atom. The topological polar surface area (TPSA) is 92.9 Å². The van der Waals surface area contributed by atoms with E-state index in [1.54, 1.807) is 23.1 Å². The van der Waals surface area contributed by atoms with Gasteiger partial charge in [0.25, 0.3) is 11.6 Å². The van der Waals surface area contributed by atoms with Gasteiger partial charge in [0.15, 0.2) is 5.72 Å². The normalized spacial score (nSPS) is 20.1. The van der Waals surface area contributed by atoms with Gasteiger partial charge in [-0.1, -0.05) is 61.9 Å². The number of nitro groups is 1. The van der Waals surface area contributed by atoms with Gasteiger partial charge < -0.3 is 9.84 Å². The molecule has 0 radical (unpaired) electrons. The lowest BCUT2D eigenvalue weighted by atomic mass is 9.87. The van der Waals surface area contributed by atoms with Crippen molar-refractivity contribution in [2.45, 2.75) is 39.0 Å². The number of allylic oxidation sites excluding steroid dienone is 3. The Labute approximate surface area is 203 Å². The van der Waals surface area contributed by atoms with Gasteiger partial charge in [-0.05, 0) is 36.1 Å². The van der Waals surface area contributed by atoms with E-state index < -0.39 is 16.1 Å². The summed E-state index contributed by atoms with van der Waals surface area (Å²) in [5.41, 5.74) is 1.20. The zero-order valence-corrected chi connectivity index (χ0v) is 19.9. The molecule has 1 heterocycles. The zero-order valence-electron chi connectivity index (χ0n) is 19.2. The lowest BCUT2D eigenvalue weighted by Gasteiger charge is -2.43. The fraction of sp³-hybridized carbons (Fsp3) is 0.346. The van der Waals surface area contributed by atoms with Crippen molar-refractivity contribution in [1.82, 2.24) is 4.90 Å². The van der Waals surface area contributed by atoms with Crippen LogP contribution in [0.4, 0.5) is 5.69 Å². The van der Waals surface area contributed by atoms with Crippen LogP contribution >= 0.6 is 11.6 Å². The minimum absolute atomic E-state index is 0.0123. The van der Waals surface area contributed by atoms with E-state index in [4.69, 9.17) is 16.3 Å². The van der Waals surface area contributed by atoms with E-state index in [9.17, 15) is 20.0 Å². The maximum atomic E-state index is 13.7. The molecule has 7 nitrogen and oxygen atoms in total. The van der Waals surface area contributed by atoms with Crippen LogP contribution in [0.5, 0.6) is 0 Å². The fourth-order valence-electron chi connectivity index (χ4n) is 4.32. The van der Waals surface area contributed by atoms with E-state index in [-0.39, 0.29) is 31.4 Å². The van der Waals surface area contributed by atoms with E-state index in [0.717, 1.165) is 21.7 Å². The average molecular weight is 483 g/mol. The summed E-state index contributed by atoms with van der Waals surface area (Å²) in [6, 6.07) is 13.6. The van der Waals surface area contributed by atoms with Gasteiger partial charge in [0.2, 0.25) is 0 Å². The number of fused-ring (bicyclic) bond motifs is 1. The van der Waals surface area contributed by atoms with Crippen molar-refractivity contribution < 1.29 is 19.6 Å². The van der Waals surface area contributed by atoms with Gasteiger partial charge in [-0.2, -0.15) is 0 Å². The SMILES string of the molecule is CC(C)(CO)COC1(C2=CC=C(Cl)CC2)c2ccccc2C(=O)N1Cc1ccc([N+](=O)[O-])cc1. The van der Waals surface area contributed by atoms with E-state index in [1.165, 1.54) is 12.1 Å². The largest absolute Gasteiger partial charge is 0.396 e. The number of nitro benzene ring substituents is 1. The standard InChI is InChI=1S/C26H27ClN2O5/c1-25(2,16-30)17-34-26(19-9-11-20(27)12-10-19)23-6-4-3-5-22(23)24(31)28(26)15-18-7-13-21(14-8-18)29(32)33/h3-9,11,13-14,30H,10,12,15-17H2,1-2H3. The van der Waals surface area contributed by atoms with E-state index in [0.29, 0.717) is 18.4 Å². The third kappa shape index (κ3) is 4.39. The quantitative estimate of drug-likeness (QED) is 0.408. The van der Waals surface area contributed by atoms with Gasteiger partial charge in [0.05, 0.1) is 18.1 Å². The van der Waals surface area contributed by atoms with Gasteiger partial charge in [0, 0.05) is 40.3 Å². The minimum Gasteiger partial charge on any atom is -0.396 e. The van der Waals surface area contributed by atoms with Crippen molar-refractivity contribution in [3.05, 3.63) is 98.1 Å². The molecule has 0 aromatic heterocycles. The number of ether oxygens (including phenoxy) is 1. The summed E-state index contributed by atoms with van der Waals surface area (Å²) < 4.78 is 6.66. The summed E-state index contributed by atoms with van der Waals surface area (Å²) in [5.74, 6) is -0.183. The van der Waals surface area contributed by atoms with Crippen molar-refractivity contribution in [3.8, 4) is 0 Å². The van der Waals surface area contributed by atoms with Crippen LogP contribution in [0.3, 0.4) is 0 Å². The Balaban J connectivity index is 1.84. The smallest absolute Gasteiger partial charge is 0.269 e. The van der Waals surface area contributed by atoms with Gasteiger partial charge in [0.1, 0.15) is 0 Å². The number of aliphatic hydroxyl groups excluding tert-OH is 1. The van der Waals surface area contributed by atoms with Crippen LogP contribution < -0.4 is 0 Å². The molecule has 178 valence electrons. The fourth-order valence-corrected chi connectivity index (χ4v) is 4.48. The third-order valence-electron chi connectivity index (χ3n) is 6.27. The minimum atomic E-state index is -1.18. The highest BCUT2D eigenvalue weighted by atomic mass is 35.5. The Morgan fingerprint density at radius 1 is 1.15 bits per heavy atom. The number of benzene rings is 2. The molecule has 1 aliphatic heterocycles. The molecule has 1 unspecified atom stereocenters. The lowest BCUT2D eigenvalue weighted by Crippen LogP contribution is -2.49. The summed E-state index contributed by atoms with van der Waals surface area (Å²) in [4.78, 5) is 26.0. The van der Waals surface area contributed by atoms with Crippen LogP contribution in [-0.2, 0) is 17.0 Å². The van der Waals surface area contributed by atoms with Crippen molar-refractivity contribution in [2.24, 2.45) is 5.41 Å². The molecule has 0 saturated carbocycles. The molecule has 2 aliphatic rings. The number of carbonyl (C=O) groups is 1. The summed E-state index contributed by atoms with van der Waals surface area (Å²) in [7, 11) is 0. The maximum Gasteiger partial charge on any atom is 0.269 e. The highest BCUT2D eigenvalue weighted by Crippen LogP contribution is 2.49. The Morgan fingerprint density at radius 2 is 1.85 bits per heavy atom. The number of hydrogen-bond acceptors (Lipinski definition) is 5. The summed E-state index contributed by atoms with van der Waals surface area (Å²) in [5, 5.41) is 21.7. The first-order chi connectivity index (χ1) is 16.2. The second-order valence-electron chi connectivity index (χ2n) is 9.42. The number of amides is 1. The molecule has 4 rings (SSSR count). The zero-order chi connectivity index (χ0) is 24.5. The van der Waals surface area contributed by atoms with E-state index in [2.05, 4.69) is 0 Å². The van der Waals surface area contributed by atoms with Crippen LogP contribution in [0.1, 0.15) is 48.2 Å². The molecule has 1 aliphatic carbocycles. The van der Waals surface area contributed by atoms with Crippen molar-refractivity contribution in [3.63, 3.8) is 0 Å². The van der Waals surface area contributed by atoms with Crippen LogP contribution in [-0.4, -0.2) is 34.1 Å². The molecule has 1 N–H and O–H groups in total. The first kappa shape index (κ1) is 24.1. The van der Waals surface area contributed by atoms with Crippen LogP contribution in [0.25, 0.3) is 0 Å². The molecular weight excluding hydrogens is 456 g/mol. The number of halogens is 1. The molecule has 2 aromatic carbocycles. The molecule has 1 atom stereocenters. The third-order valence-corrected chi connectivity index (χ3v) is 6.58. The number of non-ortho nitro benzene ring substituents is 1. The highest BCUT2D eigenvalue weighted by molar-refractivity contribution is 6.29. The Kier molecular flexibility index (Phi) is 6.62. The summed E-state index contributed by atoms with van der Waals surface area (Å²) in [6.07, 6.45) is 4.98. The van der Waals surface area contributed by atoms with Crippen LogP contribution in [0.15, 0.2) is 71.3 Å².